The number of phenols is 1. The van der Waals surface area contributed by atoms with Gasteiger partial charge in [0.05, 0.1) is 17.9 Å². The van der Waals surface area contributed by atoms with Gasteiger partial charge in [-0.25, -0.2) is 9.79 Å². The molecule has 0 aromatic heterocycles. The second-order valence-electron chi connectivity index (χ2n) is 6.81. The number of carbonyl (C=O) groups is 3. The Morgan fingerprint density at radius 3 is 2.69 bits per heavy atom. The molecule has 9 heteroatoms. The van der Waals surface area contributed by atoms with Gasteiger partial charge in [0.2, 0.25) is 11.8 Å². The lowest BCUT2D eigenvalue weighted by Crippen LogP contribution is -2.33. The number of esters is 1. The first kappa shape index (κ1) is 23.1. The van der Waals surface area contributed by atoms with Crippen LogP contribution in [-0.4, -0.2) is 51.4 Å². The molecule has 2 aromatic rings. The number of nitrogens with one attached hydrogen (secondary N) is 1. The number of ether oxygens (including phenoxy) is 1. The van der Waals surface area contributed by atoms with Crippen LogP contribution in [0.1, 0.15) is 23.7 Å². The number of aliphatic imine (C=N–C) groups is 1. The molecule has 3 rings (SSSR count). The quantitative estimate of drug-likeness (QED) is 0.466. The second-order valence-corrected chi connectivity index (χ2v) is 7.98. The Labute approximate surface area is 190 Å². The largest absolute Gasteiger partial charge is 0.508 e. The molecule has 32 heavy (non-hydrogen) atoms. The third kappa shape index (κ3) is 5.76. The maximum absolute atomic E-state index is 12.8. The Hall–Kier alpha value is -3.59. The number of amides is 2. The summed E-state index contributed by atoms with van der Waals surface area (Å²) in [5.74, 6) is -0.931. The summed E-state index contributed by atoms with van der Waals surface area (Å²) in [7, 11) is 0. The van der Waals surface area contributed by atoms with Crippen LogP contribution in [0.15, 0.2) is 66.2 Å². The summed E-state index contributed by atoms with van der Waals surface area (Å²) in [4.78, 5) is 43.0. The van der Waals surface area contributed by atoms with E-state index in [-0.39, 0.29) is 37.1 Å². The molecular weight excluding hydrogens is 430 g/mol. The normalized spacial score (nSPS) is 16.8. The average Bonchev–Trinajstić information content (AvgIpc) is 3.03. The maximum Gasteiger partial charge on any atom is 0.338 e. The molecule has 0 radical (unpaired) electrons. The first-order chi connectivity index (χ1) is 15.4. The Morgan fingerprint density at radius 1 is 1.28 bits per heavy atom. The molecule has 8 nitrogen and oxygen atoms in total. The number of nitrogens with zero attached hydrogens (tertiary/aromatic N) is 2. The van der Waals surface area contributed by atoms with Gasteiger partial charge in [0.15, 0.2) is 5.17 Å². The fourth-order valence-electron chi connectivity index (χ4n) is 2.98. The van der Waals surface area contributed by atoms with Crippen LogP contribution in [0.4, 0.5) is 11.4 Å². The molecule has 1 saturated heterocycles. The highest BCUT2D eigenvalue weighted by molar-refractivity contribution is 8.15. The summed E-state index contributed by atoms with van der Waals surface area (Å²) >= 11 is 1.19. The molecule has 0 aliphatic carbocycles. The minimum absolute atomic E-state index is 0.0458. The summed E-state index contributed by atoms with van der Waals surface area (Å²) in [6.07, 6.45) is 1.54. The smallest absolute Gasteiger partial charge is 0.338 e. The zero-order valence-electron chi connectivity index (χ0n) is 17.5. The summed E-state index contributed by atoms with van der Waals surface area (Å²) < 4.78 is 4.94. The molecule has 1 fully saturated rings. The van der Waals surface area contributed by atoms with Crippen LogP contribution >= 0.6 is 11.8 Å². The molecule has 0 bridgehead atoms. The van der Waals surface area contributed by atoms with Crippen LogP contribution in [-0.2, 0) is 14.3 Å². The monoisotopic (exact) mass is 453 g/mol. The van der Waals surface area contributed by atoms with Crippen LogP contribution in [0.5, 0.6) is 5.75 Å². The highest BCUT2D eigenvalue weighted by Gasteiger charge is 2.38. The van der Waals surface area contributed by atoms with E-state index in [0.29, 0.717) is 22.1 Å². The number of benzene rings is 2. The van der Waals surface area contributed by atoms with Crippen molar-refractivity contribution in [2.75, 3.05) is 18.5 Å². The van der Waals surface area contributed by atoms with Crippen molar-refractivity contribution in [2.24, 2.45) is 4.99 Å². The van der Waals surface area contributed by atoms with Crippen molar-refractivity contribution in [3.05, 3.63) is 66.7 Å². The van der Waals surface area contributed by atoms with Gasteiger partial charge in [-0.15, -0.1) is 6.58 Å². The van der Waals surface area contributed by atoms with Crippen molar-refractivity contribution >= 4 is 46.1 Å². The van der Waals surface area contributed by atoms with E-state index in [1.807, 2.05) is 0 Å². The van der Waals surface area contributed by atoms with Crippen LogP contribution < -0.4 is 5.32 Å². The van der Waals surface area contributed by atoms with Crippen LogP contribution in [0.3, 0.4) is 0 Å². The van der Waals surface area contributed by atoms with E-state index in [2.05, 4.69) is 16.9 Å². The Balaban J connectivity index is 1.67. The number of anilines is 1. The highest BCUT2D eigenvalue weighted by Crippen LogP contribution is 2.32. The van der Waals surface area contributed by atoms with Gasteiger partial charge in [-0.2, -0.15) is 0 Å². The van der Waals surface area contributed by atoms with Gasteiger partial charge in [-0.05, 0) is 43.3 Å². The van der Waals surface area contributed by atoms with Gasteiger partial charge in [-0.3, -0.25) is 14.5 Å². The van der Waals surface area contributed by atoms with E-state index in [4.69, 9.17) is 4.74 Å². The summed E-state index contributed by atoms with van der Waals surface area (Å²) in [6, 6.07) is 12.7. The van der Waals surface area contributed by atoms with Crippen molar-refractivity contribution in [1.29, 1.82) is 0 Å². The van der Waals surface area contributed by atoms with Gasteiger partial charge in [0.25, 0.3) is 0 Å². The highest BCUT2D eigenvalue weighted by atomic mass is 32.2. The van der Waals surface area contributed by atoms with E-state index < -0.39 is 11.2 Å². The zero-order chi connectivity index (χ0) is 23.1. The van der Waals surface area contributed by atoms with Crippen molar-refractivity contribution in [3.8, 4) is 5.75 Å². The molecule has 2 N–H and O–H groups in total. The molecule has 1 aliphatic rings. The minimum Gasteiger partial charge on any atom is -0.508 e. The predicted octanol–water partition coefficient (Wildman–Crippen LogP) is 3.72. The number of hydrogen-bond donors (Lipinski definition) is 2. The van der Waals surface area contributed by atoms with E-state index >= 15 is 0 Å². The van der Waals surface area contributed by atoms with Gasteiger partial charge >= 0.3 is 5.97 Å². The first-order valence-corrected chi connectivity index (χ1v) is 10.8. The molecule has 0 saturated carbocycles. The number of amidine groups is 1. The average molecular weight is 454 g/mol. The fourth-order valence-corrected chi connectivity index (χ4v) is 4.15. The number of aromatic hydroxyl groups is 1. The van der Waals surface area contributed by atoms with Gasteiger partial charge in [0.1, 0.15) is 11.0 Å². The molecule has 2 amide bonds. The zero-order valence-corrected chi connectivity index (χ0v) is 18.3. The first-order valence-electron chi connectivity index (χ1n) is 9.95. The molecule has 1 heterocycles. The lowest BCUT2D eigenvalue weighted by atomic mass is 10.2. The molecule has 0 spiro atoms. The Bertz CT molecular complexity index is 1050. The molecule has 166 valence electrons. The van der Waals surface area contributed by atoms with Crippen molar-refractivity contribution in [3.63, 3.8) is 0 Å². The lowest BCUT2D eigenvalue weighted by molar-refractivity contribution is -0.127. The lowest BCUT2D eigenvalue weighted by Gasteiger charge is -2.13. The Morgan fingerprint density at radius 2 is 2.03 bits per heavy atom. The number of phenolic OH excluding ortho intramolecular Hbond substituents is 1. The maximum atomic E-state index is 12.8. The van der Waals surface area contributed by atoms with Crippen molar-refractivity contribution in [2.45, 2.75) is 18.6 Å². The van der Waals surface area contributed by atoms with Gasteiger partial charge < -0.3 is 15.2 Å². The summed E-state index contributed by atoms with van der Waals surface area (Å²) in [6.45, 7) is 5.95. The van der Waals surface area contributed by atoms with E-state index in [9.17, 15) is 19.5 Å². The van der Waals surface area contributed by atoms with Crippen LogP contribution in [0.25, 0.3) is 0 Å². The fraction of sp³-hybridized carbons (Fsp3) is 0.217. The molecule has 1 unspecified atom stereocenters. The standard InChI is InChI=1S/C23H23N3O5S/c1-3-12-26-21(29)19(32-23(26)25-17-6-5-7-18(27)13-17)14-20(28)24-16-10-8-15(9-11-16)22(30)31-4-2/h3,5-11,13,19,27H,1,4,12,14H2,2H3,(H,24,28). The van der Waals surface area contributed by atoms with E-state index in [1.165, 1.54) is 28.8 Å². The topological polar surface area (TPSA) is 108 Å². The van der Waals surface area contributed by atoms with Crippen LogP contribution in [0.2, 0.25) is 0 Å². The summed E-state index contributed by atoms with van der Waals surface area (Å²) in [5.41, 5.74) is 1.40. The number of hydrogen-bond acceptors (Lipinski definition) is 7. The molecule has 2 aromatic carbocycles. The number of rotatable bonds is 8. The van der Waals surface area contributed by atoms with Gasteiger partial charge in [-0.1, -0.05) is 23.9 Å². The summed E-state index contributed by atoms with van der Waals surface area (Å²) in [5, 5.41) is 12.2. The van der Waals surface area contributed by atoms with Gasteiger partial charge in [0, 0.05) is 24.7 Å². The molecular formula is C23H23N3O5S. The Kier molecular flexibility index (Phi) is 7.67. The van der Waals surface area contributed by atoms with E-state index in [1.54, 1.807) is 49.4 Å². The third-order valence-corrected chi connectivity index (χ3v) is 5.61. The molecule has 1 aliphatic heterocycles. The third-order valence-electron chi connectivity index (χ3n) is 4.44. The minimum atomic E-state index is -0.634. The molecule has 1 atom stereocenters. The SMILES string of the molecule is C=CCN1C(=O)C(CC(=O)Nc2ccc(C(=O)OCC)cc2)SC1=Nc1cccc(O)c1. The number of thioether (sulfide) groups is 1. The number of carbonyl (C=O) groups excluding carboxylic acids is 3. The van der Waals surface area contributed by atoms with Crippen LogP contribution in [0, 0.1) is 0 Å². The second kappa shape index (κ2) is 10.6. The van der Waals surface area contributed by atoms with E-state index in [0.717, 1.165) is 0 Å². The van der Waals surface area contributed by atoms with Crippen molar-refractivity contribution < 1.29 is 24.2 Å². The van der Waals surface area contributed by atoms with Crippen molar-refractivity contribution in [1.82, 2.24) is 4.90 Å². The predicted molar refractivity (Wildman–Crippen MR) is 124 cm³/mol.